The van der Waals surface area contributed by atoms with Crippen molar-refractivity contribution in [2.24, 2.45) is 16.1 Å². The fourth-order valence-electron chi connectivity index (χ4n) is 0.950. The van der Waals surface area contributed by atoms with Gasteiger partial charge in [0, 0.05) is 7.05 Å². The molecule has 1 atom stereocenters. The summed E-state index contributed by atoms with van der Waals surface area (Å²) in [6, 6.07) is 0. The Balaban J connectivity index is 2.66. The Hall–Kier alpha value is -0.510. The molecule has 56 valence electrons. The number of hydrogen-bond acceptors (Lipinski definition) is 2. The molecule has 1 aliphatic heterocycles. The van der Waals surface area contributed by atoms with Crippen molar-refractivity contribution in [3.8, 4) is 0 Å². The first-order valence-electron chi connectivity index (χ1n) is 3.30. The van der Waals surface area contributed by atoms with E-state index in [1.165, 1.54) is 0 Å². The molecule has 1 rings (SSSR count). The van der Waals surface area contributed by atoms with E-state index < -0.39 is 0 Å². The third-order valence-electron chi connectivity index (χ3n) is 1.56. The summed E-state index contributed by atoms with van der Waals surface area (Å²) in [6.45, 7) is 4.21. The van der Waals surface area contributed by atoms with E-state index in [9.17, 15) is 0 Å². The highest BCUT2D eigenvalue weighted by molar-refractivity contribution is 7.80. The van der Waals surface area contributed by atoms with Gasteiger partial charge in [-0.2, -0.15) is 5.11 Å². The molecule has 0 aromatic rings. The van der Waals surface area contributed by atoms with Crippen LogP contribution in [0.15, 0.2) is 10.2 Å². The minimum atomic E-state index is 0.160. The fraction of sp³-hybridized carbons (Fsp3) is 0.833. The average molecular weight is 157 g/mol. The Morgan fingerprint density at radius 1 is 1.60 bits per heavy atom. The summed E-state index contributed by atoms with van der Waals surface area (Å²) in [6.07, 6.45) is 0.160. The predicted molar refractivity (Wildman–Crippen MR) is 43.8 cm³/mol. The molecular weight excluding hydrogens is 146 g/mol. The average Bonchev–Trinajstić information content (AvgIpc) is 2.14. The molecule has 0 saturated carbocycles. The van der Waals surface area contributed by atoms with Crippen molar-refractivity contribution in [2.45, 2.75) is 20.0 Å². The molecule has 0 aromatic carbocycles. The zero-order valence-corrected chi connectivity index (χ0v) is 7.22. The number of azo groups is 1. The van der Waals surface area contributed by atoms with Gasteiger partial charge in [0.05, 0.1) is 0 Å². The van der Waals surface area contributed by atoms with Crippen LogP contribution >= 0.6 is 12.2 Å². The lowest BCUT2D eigenvalue weighted by atomic mass is 10.1. The normalized spacial score (nSPS) is 25.0. The lowest BCUT2D eigenvalue weighted by Crippen LogP contribution is -2.32. The summed E-state index contributed by atoms with van der Waals surface area (Å²) in [5.41, 5.74) is 0. The smallest absolute Gasteiger partial charge is 0.217 e. The van der Waals surface area contributed by atoms with Crippen LogP contribution in [0.3, 0.4) is 0 Å². The van der Waals surface area contributed by atoms with Crippen molar-refractivity contribution in [1.82, 2.24) is 4.90 Å². The molecule has 3 nitrogen and oxygen atoms in total. The van der Waals surface area contributed by atoms with E-state index in [0.717, 1.165) is 0 Å². The lowest BCUT2D eigenvalue weighted by molar-refractivity contribution is 0.314. The highest BCUT2D eigenvalue weighted by Crippen LogP contribution is 2.17. The molecule has 0 spiro atoms. The third-order valence-corrected chi connectivity index (χ3v) is 1.93. The van der Waals surface area contributed by atoms with Gasteiger partial charge >= 0.3 is 0 Å². The summed E-state index contributed by atoms with van der Waals surface area (Å²) < 4.78 is 0. The second-order valence-corrected chi connectivity index (χ2v) is 3.13. The van der Waals surface area contributed by atoms with Crippen LogP contribution < -0.4 is 0 Å². The predicted octanol–water partition coefficient (Wildman–Crippen LogP) is 1.65. The van der Waals surface area contributed by atoms with E-state index in [0.29, 0.717) is 11.0 Å². The van der Waals surface area contributed by atoms with Gasteiger partial charge in [0.1, 0.15) is 6.17 Å². The Morgan fingerprint density at radius 2 is 2.20 bits per heavy atom. The number of thiocarbonyl (C=S) groups is 1. The van der Waals surface area contributed by atoms with Crippen molar-refractivity contribution >= 4 is 17.3 Å². The van der Waals surface area contributed by atoms with Crippen molar-refractivity contribution < 1.29 is 0 Å². The molecule has 4 heteroatoms. The number of hydrogen-bond donors (Lipinski definition) is 0. The maximum absolute atomic E-state index is 4.90. The molecule has 1 aliphatic rings. The number of nitrogens with zero attached hydrogens (tertiary/aromatic N) is 3. The molecule has 0 radical (unpaired) electrons. The van der Waals surface area contributed by atoms with Crippen molar-refractivity contribution in [2.75, 3.05) is 7.05 Å². The van der Waals surface area contributed by atoms with E-state index in [1.54, 1.807) is 0 Å². The van der Waals surface area contributed by atoms with E-state index in [4.69, 9.17) is 12.2 Å². The van der Waals surface area contributed by atoms with E-state index in [-0.39, 0.29) is 6.17 Å². The minimum Gasteiger partial charge on any atom is -0.325 e. The summed E-state index contributed by atoms with van der Waals surface area (Å²) in [4.78, 5) is 1.92. The second kappa shape index (κ2) is 2.62. The van der Waals surface area contributed by atoms with Crippen molar-refractivity contribution in [1.29, 1.82) is 0 Å². The molecule has 1 unspecified atom stereocenters. The largest absolute Gasteiger partial charge is 0.325 e. The Bertz CT molecular complexity index is 176. The molecule has 1 heterocycles. The van der Waals surface area contributed by atoms with Gasteiger partial charge in [-0.3, -0.25) is 0 Å². The van der Waals surface area contributed by atoms with Crippen LogP contribution in [0.2, 0.25) is 0 Å². The summed E-state index contributed by atoms with van der Waals surface area (Å²) in [5.74, 6) is 0.481. The quantitative estimate of drug-likeness (QED) is 0.541. The zero-order chi connectivity index (χ0) is 7.72. The molecule has 0 aromatic heterocycles. The second-order valence-electron chi connectivity index (χ2n) is 2.77. The van der Waals surface area contributed by atoms with Gasteiger partial charge in [0.2, 0.25) is 5.11 Å². The van der Waals surface area contributed by atoms with Gasteiger partial charge < -0.3 is 4.90 Å². The zero-order valence-electron chi connectivity index (χ0n) is 6.40. The Labute approximate surface area is 66.1 Å². The first-order valence-corrected chi connectivity index (χ1v) is 3.71. The molecule has 0 fully saturated rings. The monoisotopic (exact) mass is 157 g/mol. The third kappa shape index (κ3) is 1.16. The van der Waals surface area contributed by atoms with Crippen molar-refractivity contribution in [3.63, 3.8) is 0 Å². The van der Waals surface area contributed by atoms with Gasteiger partial charge in [0.25, 0.3) is 0 Å². The maximum atomic E-state index is 4.90. The molecule has 0 aliphatic carbocycles. The molecular formula is C6H11N3S. The van der Waals surface area contributed by atoms with Crippen LogP contribution in [0.4, 0.5) is 0 Å². The van der Waals surface area contributed by atoms with Crippen LogP contribution in [-0.2, 0) is 0 Å². The lowest BCUT2D eigenvalue weighted by Gasteiger charge is -2.20. The standard InChI is InChI=1S/C6H11N3S/c1-4(2)5-7-8-6(10)9(5)3/h4-5H,1-3H3. The van der Waals surface area contributed by atoms with Gasteiger partial charge in [-0.1, -0.05) is 13.8 Å². The summed E-state index contributed by atoms with van der Waals surface area (Å²) >= 11 is 4.90. The van der Waals surface area contributed by atoms with Gasteiger partial charge in [-0.15, -0.1) is 5.11 Å². The van der Waals surface area contributed by atoms with Crippen LogP contribution in [-0.4, -0.2) is 23.2 Å². The Kier molecular flexibility index (Phi) is 1.99. The minimum absolute atomic E-state index is 0.160. The molecule has 0 amide bonds. The highest BCUT2D eigenvalue weighted by Gasteiger charge is 2.24. The maximum Gasteiger partial charge on any atom is 0.217 e. The summed E-state index contributed by atoms with van der Waals surface area (Å²) in [7, 11) is 1.92. The first-order chi connectivity index (χ1) is 4.63. The van der Waals surface area contributed by atoms with Gasteiger partial charge in [0.15, 0.2) is 0 Å². The van der Waals surface area contributed by atoms with E-state index in [2.05, 4.69) is 24.1 Å². The molecule has 0 N–H and O–H groups in total. The molecule has 0 saturated heterocycles. The van der Waals surface area contributed by atoms with E-state index >= 15 is 0 Å². The molecule has 0 bridgehead atoms. The summed E-state index contributed by atoms with van der Waals surface area (Å²) in [5, 5.41) is 8.41. The van der Waals surface area contributed by atoms with Crippen molar-refractivity contribution in [3.05, 3.63) is 0 Å². The SMILES string of the molecule is CC(C)C1N=NC(=S)N1C. The van der Waals surface area contributed by atoms with Crippen LogP contribution in [0.1, 0.15) is 13.8 Å². The Morgan fingerprint density at radius 3 is 2.40 bits per heavy atom. The van der Waals surface area contributed by atoms with Crippen LogP contribution in [0.5, 0.6) is 0 Å². The molecule has 10 heavy (non-hydrogen) atoms. The highest BCUT2D eigenvalue weighted by atomic mass is 32.1. The van der Waals surface area contributed by atoms with E-state index in [1.807, 2.05) is 11.9 Å². The van der Waals surface area contributed by atoms with Crippen LogP contribution in [0, 0.1) is 5.92 Å². The number of rotatable bonds is 1. The topological polar surface area (TPSA) is 28.0 Å². The first kappa shape index (κ1) is 7.60. The fourth-order valence-corrected chi connectivity index (χ4v) is 1.11. The van der Waals surface area contributed by atoms with Gasteiger partial charge in [-0.05, 0) is 18.1 Å². The van der Waals surface area contributed by atoms with Crippen LogP contribution in [0.25, 0.3) is 0 Å². The van der Waals surface area contributed by atoms with Gasteiger partial charge in [-0.25, -0.2) is 0 Å².